The molecule has 160 valence electrons. The molecule has 0 saturated carbocycles. The van der Waals surface area contributed by atoms with E-state index >= 15 is 0 Å². The fourth-order valence-electron chi connectivity index (χ4n) is 2.81. The van der Waals surface area contributed by atoms with Crippen molar-refractivity contribution in [3.8, 4) is 0 Å². The van der Waals surface area contributed by atoms with Crippen LogP contribution in [0.5, 0.6) is 0 Å². The lowest BCUT2D eigenvalue weighted by molar-refractivity contribution is -0.122. The summed E-state index contributed by atoms with van der Waals surface area (Å²) < 4.78 is 4.72. The third kappa shape index (κ3) is 5.79. The van der Waals surface area contributed by atoms with E-state index in [9.17, 15) is 14.4 Å². The Balaban J connectivity index is 1.62. The van der Waals surface area contributed by atoms with E-state index in [0.717, 1.165) is 22.9 Å². The van der Waals surface area contributed by atoms with Crippen molar-refractivity contribution in [2.45, 2.75) is 25.5 Å². The van der Waals surface area contributed by atoms with E-state index in [1.807, 2.05) is 38.1 Å². The zero-order valence-electron chi connectivity index (χ0n) is 17.3. The molecule has 3 rings (SSSR count). The van der Waals surface area contributed by atoms with Crippen LogP contribution in [0.4, 0.5) is 5.69 Å². The third-order valence-electron chi connectivity index (χ3n) is 4.51. The minimum atomic E-state index is -0.640. The molecule has 9 heteroatoms. The summed E-state index contributed by atoms with van der Waals surface area (Å²) in [5, 5.41) is 13.3. The highest BCUT2D eigenvalue weighted by Gasteiger charge is 2.32. The minimum absolute atomic E-state index is 0.0777. The van der Waals surface area contributed by atoms with Gasteiger partial charge in [0.05, 0.1) is 24.1 Å². The number of rotatable bonds is 6. The molecule has 1 saturated heterocycles. The number of nitrogens with zero attached hydrogens (tertiary/aromatic N) is 2. The molecule has 1 fully saturated rings. The number of ether oxygens (including phenoxy) is 1. The Labute approximate surface area is 184 Å². The van der Waals surface area contributed by atoms with Gasteiger partial charge in [-0.25, -0.2) is 4.79 Å². The van der Waals surface area contributed by atoms with Crippen LogP contribution in [0.1, 0.15) is 34.8 Å². The molecule has 0 aromatic heterocycles. The van der Waals surface area contributed by atoms with Crippen molar-refractivity contribution >= 4 is 46.1 Å². The molecule has 1 atom stereocenters. The van der Waals surface area contributed by atoms with Gasteiger partial charge in [-0.2, -0.15) is 5.10 Å². The van der Waals surface area contributed by atoms with Crippen molar-refractivity contribution in [3.05, 3.63) is 65.2 Å². The van der Waals surface area contributed by atoms with Crippen molar-refractivity contribution in [3.63, 3.8) is 0 Å². The van der Waals surface area contributed by atoms with Crippen LogP contribution in [0, 0.1) is 6.92 Å². The SMILES string of the molecule is COC(=O)c1ccccc1NC(=O)CC1S/C(=N/N=C(/C)c2ccc(C)cc2)NC1=O. The molecule has 1 heterocycles. The molecular weight excluding hydrogens is 416 g/mol. The maximum Gasteiger partial charge on any atom is 0.339 e. The van der Waals surface area contributed by atoms with Gasteiger partial charge in [-0.15, -0.1) is 5.10 Å². The first kappa shape index (κ1) is 22.2. The smallest absolute Gasteiger partial charge is 0.339 e. The lowest BCUT2D eigenvalue weighted by atomic mass is 10.1. The quantitative estimate of drug-likeness (QED) is 0.409. The van der Waals surface area contributed by atoms with Crippen LogP contribution in [0.15, 0.2) is 58.7 Å². The molecule has 8 nitrogen and oxygen atoms in total. The number of aryl methyl sites for hydroxylation is 1. The summed E-state index contributed by atoms with van der Waals surface area (Å²) in [6.45, 7) is 3.84. The van der Waals surface area contributed by atoms with E-state index in [0.29, 0.717) is 16.6 Å². The maximum absolute atomic E-state index is 12.4. The molecular formula is C22H22N4O4S. The van der Waals surface area contributed by atoms with Gasteiger partial charge >= 0.3 is 5.97 Å². The van der Waals surface area contributed by atoms with Crippen molar-refractivity contribution in [1.29, 1.82) is 0 Å². The summed E-state index contributed by atoms with van der Waals surface area (Å²) in [5.74, 6) is -1.27. The van der Waals surface area contributed by atoms with Crippen LogP contribution in [-0.4, -0.2) is 41.0 Å². The van der Waals surface area contributed by atoms with Gasteiger partial charge in [0.1, 0.15) is 5.25 Å². The van der Waals surface area contributed by atoms with Crippen LogP contribution >= 0.6 is 11.8 Å². The topological polar surface area (TPSA) is 109 Å². The van der Waals surface area contributed by atoms with Crippen LogP contribution in [0.3, 0.4) is 0 Å². The standard InChI is InChI=1S/C22H22N4O4S/c1-13-8-10-15(11-9-13)14(2)25-26-22-24-20(28)18(31-22)12-19(27)23-17-7-5-4-6-16(17)21(29)30-3/h4-11,18H,12H2,1-3H3,(H,23,27)(H,24,26,28)/b25-14-. The fraction of sp³-hybridized carbons (Fsp3) is 0.227. The number of para-hydroxylation sites is 1. The minimum Gasteiger partial charge on any atom is -0.465 e. The number of methoxy groups -OCH3 is 1. The summed E-state index contributed by atoms with van der Waals surface area (Å²) >= 11 is 1.14. The second-order valence-electron chi connectivity index (χ2n) is 6.84. The maximum atomic E-state index is 12.4. The number of carbonyl (C=O) groups excluding carboxylic acids is 3. The van der Waals surface area contributed by atoms with E-state index < -0.39 is 17.1 Å². The van der Waals surface area contributed by atoms with Crippen LogP contribution < -0.4 is 10.6 Å². The molecule has 2 amide bonds. The number of carbonyl (C=O) groups is 3. The second-order valence-corrected chi connectivity index (χ2v) is 8.03. The zero-order valence-corrected chi connectivity index (χ0v) is 18.2. The molecule has 1 aliphatic rings. The van der Waals surface area contributed by atoms with Gasteiger partial charge in [0.25, 0.3) is 0 Å². The van der Waals surface area contributed by atoms with E-state index in [-0.39, 0.29) is 17.9 Å². The largest absolute Gasteiger partial charge is 0.465 e. The monoisotopic (exact) mass is 438 g/mol. The summed E-state index contributed by atoms with van der Waals surface area (Å²) in [7, 11) is 1.27. The third-order valence-corrected chi connectivity index (χ3v) is 5.59. The molecule has 0 spiro atoms. The Hall–Kier alpha value is -3.46. The molecule has 2 aromatic carbocycles. The van der Waals surface area contributed by atoms with Crippen molar-refractivity contribution in [1.82, 2.24) is 5.32 Å². The van der Waals surface area contributed by atoms with Crippen LogP contribution in [0.25, 0.3) is 0 Å². The lowest BCUT2D eigenvalue weighted by Gasteiger charge is -2.10. The second kappa shape index (κ2) is 10.0. The number of benzene rings is 2. The number of amidine groups is 1. The normalized spacial score (nSPS) is 17.4. The van der Waals surface area contributed by atoms with Gasteiger partial charge in [-0.1, -0.05) is 53.7 Å². The summed E-state index contributed by atoms with van der Waals surface area (Å²) in [5.41, 5.74) is 3.37. The average Bonchev–Trinajstić information content (AvgIpc) is 3.11. The molecule has 0 bridgehead atoms. The van der Waals surface area contributed by atoms with Crippen molar-refractivity contribution in [2.75, 3.05) is 12.4 Å². The van der Waals surface area contributed by atoms with E-state index in [4.69, 9.17) is 4.74 Å². The van der Waals surface area contributed by atoms with Gasteiger partial charge in [-0.05, 0) is 31.5 Å². The van der Waals surface area contributed by atoms with Crippen LogP contribution in [-0.2, 0) is 14.3 Å². The number of anilines is 1. The molecule has 2 aromatic rings. The average molecular weight is 439 g/mol. The van der Waals surface area contributed by atoms with E-state index in [2.05, 4.69) is 20.8 Å². The predicted octanol–water partition coefficient (Wildman–Crippen LogP) is 3.12. The molecule has 2 N–H and O–H groups in total. The number of amides is 2. The van der Waals surface area contributed by atoms with Gasteiger partial charge < -0.3 is 15.4 Å². The summed E-state index contributed by atoms with van der Waals surface area (Å²) in [4.78, 5) is 36.5. The highest BCUT2D eigenvalue weighted by Crippen LogP contribution is 2.24. The van der Waals surface area contributed by atoms with Crippen molar-refractivity contribution < 1.29 is 19.1 Å². The Bertz CT molecular complexity index is 1060. The molecule has 0 aliphatic carbocycles. The lowest BCUT2D eigenvalue weighted by Crippen LogP contribution is -2.28. The number of hydrogen-bond acceptors (Lipinski definition) is 7. The Morgan fingerprint density at radius 2 is 1.87 bits per heavy atom. The Morgan fingerprint density at radius 1 is 1.16 bits per heavy atom. The van der Waals surface area contributed by atoms with Gasteiger partial charge in [0.2, 0.25) is 11.8 Å². The number of nitrogens with one attached hydrogen (secondary N) is 2. The van der Waals surface area contributed by atoms with Gasteiger partial charge in [0.15, 0.2) is 5.17 Å². The summed E-state index contributed by atoms with van der Waals surface area (Å²) in [6, 6.07) is 14.4. The van der Waals surface area contributed by atoms with Gasteiger partial charge in [0, 0.05) is 6.42 Å². The Kier molecular flexibility index (Phi) is 7.19. The van der Waals surface area contributed by atoms with E-state index in [1.165, 1.54) is 7.11 Å². The summed E-state index contributed by atoms with van der Waals surface area (Å²) in [6.07, 6.45) is -0.0777. The molecule has 0 radical (unpaired) electrons. The first-order valence-corrected chi connectivity index (χ1v) is 10.4. The van der Waals surface area contributed by atoms with Crippen molar-refractivity contribution in [2.24, 2.45) is 10.2 Å². The fourth-order valence-corrected chi connectivity index (χ4v) is 3.73. The Morgan fingerprint density at radius 3 is 2.58 bits per heavy atom. The number of thioether (sulfide) groups is 1. The highest BCUT2D eigenvalue weighted by molar-refractivity contribution is 8.15. The van der Waals surface area contributed by atoms with Crippen LogP contribution in [0.2, 0.25) is 0 Å². The number of hydrogen-bond donors (Lipinski definition) is 2. The first-order valence-electron chi connectivity index (χ1n) is 9.51. The molecule has 1 aliphatic heterocycles. The zero-order chi connectivity index (χ0) is 22.4. The molecule has 1 unspecified atom stereocenters. The number of esters is 1. The van der Waals surface area contributed by atoms with E-state index in [1.54, 1.807) is 24.3 Å². The molecule has 31 heavy (non-hydrogen) atoms. The van der Waals surface area contributed by atoms with Gasteiger partial charge in [-0.3, -0.25) is 9.59 Å². The highest BCUT2D eigenvalue weighted by atomic mass is 32.2. The predicted molar refractivity (Wildman–Crippen MR) is 121 cm³/mol. The first-order chi connectivity index (χ1) is 14.9.